The molecule has 0 aliphatic rings. The van der Waals surface area contributed by atoms with Crippen molar-refractivity contribution in [3.8, 4) is 17.2 Å². The molecule has 9 heteroatoms. The van der Waals surface area contributed by atoms with Crippen LogP contribution in [0.3, 0.4) is 0 Å². The van der Waals surface area contributed by atoms with Gasteiger partial charge in [0.2, 0.25) is 0 Å². The van der Waals surface area contributed by atoms with Crippen molar-refractivity contribution in [2.45, 2.75) is 12.4 Å². The van der Waals surface area contributed by atoms with Crippen LogP contribution in [-0.2, 0) is 0 Å². The zero-order chi connectivity index (χ0) is 17.9. The van der Waals surface area contributed by atoms with Gasteiger partial charge >= 0.3 is 6.36 Å². The predicted octanol–water partition coefficient (Wildman–Crippen LogP) is 4.73. The van der Waals surface area contributed by atoms with Crippen LogP contribution in [0, 0.1) is 0 Å². The molecule has 0 saturated carbocycles. The van der Waals surface area contributed by atoms with Gasteiger partial charge in [-0.3, -0.25) is 0 Å². The minimum absolute atomic E-state index is 0. The lowest BCUT2D eigenvalue weighted by molar-refractivity contribution is -0.274. The van der Waals surface area contributed by atoms with Crippen molar-refractivity contribution in [2.24, 2.45) is 5.73 Å². The Kier molecular flexibility index (Phi) is 7.22. The van der Waals surface area contributed by atoms with Crippen LogP contribution in [0.4, 0.5) is 13.2 Å². The molecule has 0 aliphatic carbocycles. The molecule has 0 bridgehead atoms. The lowest BCUT2D eigenvalue weighted by Crippen LogP contribution is -2.17. The zero-order valence-electron chi connectivity index (χ0n) is 13.3. The summed E-state index contributed by atoms with van der Waals surface area (Å²) < 4.78 is 50.7. The average Bonchev–Trinajstić information content (AvgIpc) is 2.53. The molecule has 0 saturated heterocycles. The van der Waals surface area contributed by atoms with Crippen LogP contribution in [0.5, 0.6) is 17.2 Å². The third kappa shape index (κ3) is 5.07. The fourth-order valence-electron chi connectivity index (χ4n) is 2.20. The molecule has 25 heavy (non-hydrogen) atoms. The SMILES string of the molecule is COc1ccc([C@H](N)c2ccc(OC(F)(F)F)cc2)c(Cl)c1OC.Cl. The van der Waals surface area contributed by atoms with E-state index in [1.165, 1.54) is 38.5 Å². The van der Waals surface area contributed by atoms with Crippen molar-refractivity contribution in [3.63, 3.8) is 0 Å². The van der Waals surface area contributed by atoms with E-state index in [9.17, 15) is 13.2 Å². The summed E-state index contributed by atoms with van der Waals surface area (Å²) in [5.74, 6) is 0.466. The van der Waals surface area contributed by atoms with Gasteiger partial charge in [0, 0.05) is 0 Å². The summed E-state index contributed by atoms with van der Waals surface area (Å²) in [6, 6.07) is 7.94. The molecule has 0 heterocycles. The number of halogens is 5. The maximum absolute atomic E-state index is 12.2. The van der Waals surface area contributed by atoms with Crippen molar-refractivity contribution in [3.05, 3.63) is 52.5 Å². The van der Waals surface area contributed by atoms with Gasteiger partial charge in [0.25, 0.3) is 0 Å². The minimum atomic E-state index is -4.74. The molecule has 0 spiro atoms. The van der Waals surface area contributed by atoms with Crippen molar-refractivity contribution >= 4 is 24.0 Å². The highest BCUT2D eigenvalue weighted by atomic mass is 35.5. The molecule has 0 fully saturated rings. The van der Waals surface area contributed by atoms with E-state index in [4.69, 9.17) is 26.8 Å². The maximum Gasteiger partial charge on any atom is 0.573 e. The highest BCUT2D eigenvalue weighted by molar-refractivity contribution is 6.33. The smallest absolute Gasteiger partial charge is 0.493 e. The quantitative estimate of drug-likeness (QED) is 0.792. The van der Waals surface area contributed by atoms with Gasteiger partial charge in [0.1, 0.15) is 5.75 Å². The second-order valence-electron chi connectivity index (χ2n) is 4.80. The summed E-state index contributed by atoms with van der Waals surface area (Å²) in [5.41, 5.74) is 7.29. The van der Waals surface area contributed by atoms with Crippen LogP contribution in [0.1, 0.15) is 17.2 Å². The topological polar surface area (TPSA) is 53.7 Å². The van der Waals surface area contributed by atoms with E-state index in [2.05, 4.69) is 4.74 Å². The zero-order valence-corrected chi connectivity index (χ0v) is 14.8. The van der Waals surface area contributed by atoms with E-state index in [0.29, 0.717) is 22.6 Å². The first-order chi connectivity index (χ1) is 11.3. The molecule has 0 radical (unpaired) electrons. The van der Waals surface area contributed by atoms with E-state index in [0.717, 1.165) is 0 Å². The number of nitrogens with two attached hydrogens (primary N) is 1. The number of methoxy groups -OCH3 is 2. The fraction of sp³-hybridized carbons (Fsp3) is 0.250. The van der Waals surface area contributed by atoms with Gasteiger partial charge in [-0.1, -0.05) is 29.8 Å². The summed E-state index contributed by atoms with van der Waals surface area (Å²) >= 11 is 6.30. The molecule has 138 valence electrons. The number of rotatable bonds is 5. The van der Waals surface area contributed by atoms with Gasteiger partial charge < -0.3 is 19.9 Å². The summed E-state index contributed by atoms with van der Waals surface area (Å²) in [6.45, 7) is 0. The second kappa shape index (κ2) is 8.51. The van der Waals surface area contributed by atoms with Crippen molar-refractivity contribution in [1.29, 1.82) is 0 Å². The molecule has 0 aromatic heterocycles. The first-order valence-electron chi connectivity index (χ1n) is 6.78. The Morgan fingerprint density at radius 1 is 1.00 bits per heavy atom. The normalized spacial score (nSPS) is 12.1. The number of benzene rings is 2. The van der Waals surface area contributed by atoms with E-state index in [1.807, 2.05) is 0 Å². The number of ether oxygens (including phenoxy) is 3. The molecule has 2 N–H and O–H groups in total. The van der Waals surface area contributed by atoms with Gasteiger partial charge in [-0.25, -0.2) is 0 Å². The Morgan fingerprint density at radius 2 is 1.60 bits per heavy atom. The average molecular weight is 398 g/mol. The number of alkyl halides is 3. The molecule has 0 unspecified atom stereocenters. The monoisotopic (exact) mass is 397 g/mol. The van der Waals surface area contributed by atoms with Gasteiger partial charge in [0.05, 0.1) is 25.3 Å². The molecule has 2 rings (SSSR count). The molecule has 2 aromatic rings. The van der Waals surface area contributed by atoms with E-state index < -0.39 is 12.4 Å². The van der Waals surface area contributed by atoms with Crippen LogP contribution in [0.2, 0.25) is 5.02 Å². The lowest BCUT2D eigenvalue weighted by Gasteiger charge is -2.18. The van der Waals surface area contributed by atoms with E-state index >= 15 is 0 Å². The van der Waals surface area contributed by atoms with Crippen LogP contribution >= 0.6 is 24.0 Å². The Morgan fingerprint density at radius 3 is 2.08 bits per heavy atom. The fourth-order valence-corrected chi connectivity index (χ4v) is 2.55. The van der Waals surface area contributed by atoms with E-state index in [1.54, 1.807) is 12.1 Å². The van der Waals surface area contributed by atoms with Crippen molar-refractivity contribution in [2.75, 3.05) is 14.2 Å². The minimum Gasteiger partial charge on any atom is -0.493 e. The van der Waals surface area contributed by atoms with E-state index in [-0.39, 0.29) is 23.2 Å². The molecule has 4 nitrogen and oxygen atoms in total. The summed E-state index contributed by atoms with van der Waals surface area (Å²) in [7, 11) is 2.93. The Bertz CT molecular complexity index is 709. The summed E-state index contributed by atoms with van der Waals surface area (Å²) in [4.78, 5) is 0. The third-order valence-corrected chi connectivity index (χ3v) is 3.71. The van der Waals surface area contributed by atoms with Crippen molar-refractivity contribution < 1.29 is 27.4 Å². The Labute approximate surface area is 154 Å². The second-order valence-corrected chi connectivity index (χ2v) is 5.18. The maximum atomic E-state index is 12.2. The summed E-state index contributed by atoms with van der Waals surface area (Å²) in [6.07, 6.45) is -4.74. The first-order valence-corrected chi connectivity index (χ1v) is 7.16. The predicted molar refractivity (Wildman–Crippen MR) is 91.0 cm³/mol. The molecule has 0 amide bonds. The molecular formula is C16H16Cl2F3NO3. The highest BCUT2D eigenvalue weighted by Crippen LogP contribution is 2.40. The van der Waals surface area contributed by atoms with Gasteiger partial charge in [0.15, 0.2) is 11.5 Å². The lowest BCUT2D eigenvalue weighted by atomic mass is 9.99. The van der Waals surface area contributed by atoms with Gasteiger partial charge in [-0.15, -0.1) is 25.6 Å². The molecule has 1 atom stereocenters. The standard InChI is InChI=1S/C16H15ClF3NO3.ClH/c1-22-12-8-7-11(13(17)15(12)23-2)14(21)9-3-5-10(6-4-9)24-16(18,19)20;/h3-8,14H,21H2,1-2H3;1H/t14-;/m1./s1. The first kappa shape index (κ1) is 21.2. The van der Waals surface area contributed by atoms with Crippen LogP contribution in [0.15, 0.2) is 36.4 Å². The highest BCUT2D eigenvalue weighted by Gasteiger charge is 2.31. The Hall–Kier alpha value is -1.83. The van der Waals surface area contributed by atoms with Gasteiger partial charge in [-0.05, 0) is 29.3 Å². The van der Waals surface area contributed by atoms with Crippen LogP contribution in [0.25, 0.3) is 0 Å². The number of hydrogen-bond donors (Lipinski definition) is 1. The largest absolute Gasteiger partial charge is 0.573 e. The van der Waals surface area contributed by atoms with Crippen LogP contribution < -0.4 is 19.9 Å². The number of hydrogen-bond acceptors (Lipinski definition) is 4. The summed E-state index contributed by atoms with van der Waals surface area (Å²) in [5, 5.41) is 0.278. The van der Waals surface area contributed by atoms with Crippen LogP contribution in [-0.4, -0.2) is 20.6 Å². The van der Waals surface area contributed by atoms with Gasteiger partial charge in [-0.2, -0.15) is 0 Å². The van der Waals surface area contributed by atoms with Crippen molar-refractivity contribution in [1.82, 2.24) is 0 Å². The molecular weight excluding hydrogens is 382 g/mol. The molecule has 2 aromatic carbocycles. The Balaban J connectivity index is 0.00000312. The third-order valence-electron chi connectivity index (χ3n) is 3.32. The molecule has 0 aliphatic heterocycles.